The van der Waals surface area contributed by atoms with Crippen molar-refractivity contribution < 1.29 is 19.6 Å². The van der Waals surface area contributed by atoms with Gasteiger partial charge in [-0.15, -0.1) is 0 Å². The molecule has 1 atom stereocenters. The van der Waals surface area contributed by atoms with Crippen molar-refractivity contribution in [1.29, 1.82) is 0 Å². The highest BCUT2D eigenvalue weighted by Crippen LogP contribution is 2.40. The maximum Gasteiger partial charge on any atom is 0.295 e. The number of likely N-dealkylation sites (tertiary alicyclic amines) is 1. The molecule has 2 aromatic carbocycles. The van der Waals surface area contributed by atoms with Gasteiger partial charge in [0, 0.05) is 30.8 Å². The van der Waals surface area contributed by atoms with E-state index in [0.717, 1.165) is 24.2 Å². The Morgan fingerprint density at radius 3 is 2.44 bits per heavy atom. The van der Waals surface area contributed by atoms with Crippen LogP contribution in [0.25, 0.3) is 5.76 Å². The molecule has 1 fully saturated rings. The van der Waals surface area contributed by atoms with Gasteiger partial charge >= 0.3 is 0 Å². The van der Waals surface area contributed by atoms with Crippen LogP contribution in [0.5, 0.6) is 0 Å². The van der Waals surface area contributed by atoms with Crippen LogP contribution < -0.4 is 0 Å². The molecule has 1 unspecified atom stereocenters. The Morgan fingerprint density at radius 2 is 1.81 bits per heavy atom. The number of aliphatic hydroxyl groups excluding tert-OH is 1. The number of carbonyl (C=O) groups is 2. The van der Waals surface area contributed by atoms with Gasteiger partial charge in [0.2, 0.25) is 0 Å². The molecule has 0 saturated carbocycles. The van der Waals surface area contributed by atoms with Gasteiger partial charge in [-0.1, -0.05) is 50.2 Å². The van der Waals surface area contributed by atoms with Gasteiger partial charge in [-0.2, -0.15) is 0 Å². The van der Waals surface area contributed by atoms with Gasteiger partial charge in [0.05, 0.1) is 16.5 Å². The van der Waals surface area contributed by atoms with Crippen molar-refractivity contribution in [2.75, 3.05) is 26.2 Å². The molecule has 168 valence electrons. The number of aryl methyl sites for hydroxylation is 1. The lowest BCUT2D eigenvalue weighted by Gasteiger charge is -2.29. The molecule has 0 radical (unpaired) electrons. The number of nitro benzene ring substituents is 1. The molecule has 1 saturated heterocycles. The quantitative estimate of drug-likeness (QED) is 0.222. The highest BCUT2D eigenvalue weighted by Gasteiger charge is 2.46. The standard InChI is InChI=1S/C24H27N3O5/c1-4-25(5-2)13-14-26-21(19-12-7-6-9-16(19)3)20(23(29)24(26)30)22(28)17-10-8-11-18(15-17)27(31)32/h6-12,15,21,28H,4-5,13-14H2,1-3H3/b22-20+. The van der Waals surface area contributed by atoms with Crippen molar-refractivity contribution in [3.05, 3.63) is 80.9 Å². The lowest BCUT2D eigenvalue weighted by Crippen LogP contribution is -2.38. The number of carbonyl (C=O) groups excluding carboxylic acids is 2. The van der Waals surface area contributed by atoms with E-state index in [-0.39, 0.29) is 16.8 Å². The summed E-state index contributed by atoms with van der Waals surface area (Å²) in [6.45, 7) is 8.45. The molecule has 8 heteroatoms. The topological polar surface area (TPSA) is 104 Å². The van der Waals surface area contributed by atoms with Crippen molar-refractivity contribution in [3.8, 4) is 0 Å². The number of non-ortho nitro benzene ring substituents is 1. The Labute approximate surface area is 186 Å². The van der Waals surface area contributed by atoms with E-state index in [4.69, 9.17) is 0 Å². The number of benzene rings is 2. The van der Waals surface area contributed by atoms with Crippen LogP contribution in [0.4, 0.5) is 5.69 Å². The number of ketones is 1. The first-order valence-electron chi connectivity index (χ1n) is 10.6. The minimum absolute atomic E-state index is 0.0515. The predicted octanol–water partition coefficient (Wildman–Crippen LogP) is 3.67. The van der Waals surface area contributed by atoms with Crippen LogP contribution in [0.1, 0.15) is 36.6 Å². The van der Waals surface area contributed by atoms with Crippen LogP contribution in [0.3, 0.4) is 0 Å². The van der Waals surface area contributed by atoms with E-state index in [0.29, 0.717) is 13.1 Å². The summed E-state index contributed by atoms with van der Waals surface area (Å²) in [5.74, 6) is -1.88. The molecular formula is C24H27N3O5. The number of amides is 1. The van der Waals surface area contributed by atoms with E-state index in [1.54, 1.807) is 0 Å². The fourth-order valence-corrected chi connectivity index (χ4v) is 4.04. The first-order chi connectivity index (χ1) is 15.3. The van der Waals surface area contributed by atoms with Gasteiger partial charge in [-0.05, 0) is 31.1 Å². The van der Waals surface area contributed by atoms with E-state index in [9.17, 15) is 24.8 Å². The summed E-state index contributed by atoms with van der Waals surface area (Å²) in [6, 6.07) is 12.1. The highest BCUT2D eigenvalue weighted by atomic mass is 16.6. The predicted molar refractivity (Wildman–Crippen MR) is 121 cm³/mol. The molecular weight excluding hydrogens is 410 g/mol. The molecule has 0 aromatic heterocycles. The molecule has 1 N–H and O–H groups in total. The van der Waals surface area contributed by atoms with Gasteiger partial charge < -0.3 is 14.9 Å². The fourth-order valence-electron chi connectivity index (χ4n) is 4.04. The molecule has 1 aliphatic heterocycles. The number of Topliss-reactive ketones (excluding diaryl/α,β-unsaturated/α-hetero) is 1. The van der Waals surface area contributed by atoms with Crippen LogP contribution in [-0.2, 0) is 9.59 Å². The number of hydrogen-bond donors (Lipinski definition) is 1. The van der Waals surface area contributed by atoms with E-state index >= 15 is 0 Å². The second kappa shape index (κ2) is 9.74. The summed E-state index contributed by atoms with van der Waals surface area (Å²) in [7, 11) is 0. The smallest absolute Gasteiger partial charge is 0.295 e. The third kappa shape index (κ3) is 4.40. The molecule has 0 spiro atoms. The van der Waals surface area contributed by atoms with Crippen LogP contribution in [0.2, 0.25) is 0 Å². The number of likely N-dealkylation sites (N-methyl/N-ethyl adjacent to an activating group) is 1. The molecule has 1 aliphatic rings. The molecule has 0 aliphatic carbocycles. The zero-order valence-electron chi connectivity index (χ0n) is 18.4. The van der Waals surface area contributed by atoms with Crippen molar-refractivity contribution >= 4 is 23.1 Å². The summed E-state index contributed by atoms with van der Waals surface area (Å²) >= 11 is 0. The van der Waals surface area contributed by atoms with Crippen LogP contribution in [-0.4, -0.2) is 57.7 Å². The molecule has 0 bridgehead atoms. The number of nitrogens with zero attached hydrogens (tertiary/aromatic N) is 3. The Morgan fingerprint density at radius 1 is 1.12 bits per heavy atom. The van der Waals surface area contributed by atoms with Crippen molar-refractivity contribution in [2.24, 2.45) is 0 Å². The van der Waals surface area contributed by atoms with Crippen molar-refractivity contribution in [1.82, 2.24) is 9.80 Å². The maximum absolute atomic E-state index is 13.1. The maximum atomic E-state index is 13.1. The van der Waals surface area contributed by atoms with Crippen LogP contribution >= 0.6 is 0 Å². The lowest BCUT2D eigenvalue weighted by atomic mass is 9.92. The Bertz CT molecular complexity index is 1070. The number of aliphatic hydroxyl groups is 1. The van der Waals surface area contributed by atoms with Gasteiger partial charge in [0.15, 0.2) is 0 Å². The average molecular weight is 437 g/mol. The minimum Gasteiger partial charge on any atom is -0.507 e. The van der Waals surface area contributed by atoms with E-state index in [2.05, 4.69) is 4.90 Å². The first-order valence-corrected chi connectivity index (χ1v) is 10.6. The van der Waals surface area contributed by atoms with Gasteiger partial charge in [0.1, 0.15) is 5.76 Å². The monoisotopic (exact) mass is 437 g/mol. The third-order valence-electron chi connectivity index (χ3n) is 5.90. The molecule has 32 heavy (non-hydrogen) atoms. The zero-order chi connectivity index (χ0) is 23.4. The largest absolute Gasteiger partial charge is 0.507 e. The van der Waals surface area contributed by atoms with Gasteiger partial charge in [0.25, 0.3) is 17.4 Å². The first kappa shape index (κ1) is 23.1. The van der Waals surface area contributed by atoms with Gasteiger partial charge in [-0.25, -0.2) is 0 Å². The Balaban J connectivity index is 2.14. The summed E-state index contributed by atoms with van der Waals surface area (Å²) in [6.07, 6.45) is 0. The average Bonchev–Trinajstić information content (AvgIpc) is 3.04. The van der Waals surface area contributed by atoms with E-state index in [1.165, 1.54) is 29.2 Å². The SMILES string of the molecule is CCN(CC)CCN1C(=O)C(=O)/C(=C(/O)c2cccc([N+](=O)[O-])c2)C1c1ccccc1C. The summed E-state index contributed by atoms with van der Waals surface area (Å²) in [5.41, 5.74) is 1.47. The molecule has 3 rings (SSSR count). The van der Waals surface area contributed by atoms with Gasteiger partial charge in [-0.3, -0.25) is 19.7 Å². The Kier molecular flexibility index (Phi) is 7.05. The molecule has 1 heterocycles. The third-order valence-corrected chi connectivity index (χ3v) is 5.90. The van der Waals surface area contributed by atoms with Crippen LogP contribution in [0.15, 0.2) is 54.1 Å². The normalized spacial score (nSPS) is 17.9. The highest BCUT2D eigenvalue weighted by molar-refractivity contribution is 6.46. The fraction of sp³-hybridized carbons (Fsp3) is 0.333. The summed E-state index contributed by atoms with van der Waals surface area (Å²) in [4.78, 5) is 40.3. The van der Waals surface area contributed by atoms with E-state index in [1.807, 2.05) is 45.0 Å². The van der Waals surface area contributed by atoms with Crippen molar-refractivity contribution in [2.45, 2.75) is 26.8 Å². The second-order valence-electron chi connectivity index (χ2n) is 7.68. The van der Waals surface area contributed by atoms with Crippen LogP contribution in [0, 0.1) is 17.0 Å². The number of nitro groups is 1. The zero-order valence-corrected chi connectivity index (χ0v) is 18.4. The Hall–Kier alpha value is -3.52. The summed E-state index contributed by atoms with van der Waals surface area (Å²) in [5, 5.41) is 22.2. The second-order valence-corrected chi connectivity index (χ2v) is 7.68. The van der Waals surface area contributed by atoms with Crippen molar-refractivity contribution in [3.63, 3.8) is 0 Å². The molecule has 1 amide bonds. The molecule has 8 nitrogen and oxygen atoms in total. The minimum atomic E-state index is -0.790. The molecule has 2 aromatic rings. The lowest BCUT2D eigenvalue weighted by molar-refractivity contribution is -0.384. The summed E-state index contributed by atoms with van der Waals surface area (Å²) < 4.78 is 0. The number of rotatable bonds is 8. The number of hydrogen-bond acceptors (Lipinski definition) is 6. The van der Waals surface area contributed by atoms with E-state index < -0.39 is 28.4 Å².